The summed E-state index contributed by atoms with van der Waals surface area (Å²) in [5.41, 5.74) is 5.85. The normalized spacial score (nSPS) is 14.1. The summed E-state index contributed by atoms with van der Waals surface area (Å²) in [5.74, 6) is 1.01. The number of amides is 1. The van der Waals surface area contributed by atoms with Crippen LogP contribution in [0.5, 0.6) is 5.75 Å². The van der Waals surface area contributed by atoms with E-state index in [-0.39, 0.29) is 19.1 Å². The van der Waals surface area contributed by atoms with Crippen LogP contribution in [0.1, 0.15) is 48.8 Å². The zero-order valence-corrected chi connectivity index (χ0v) is 19.7. The lowest BCUT2D eigenvalue weighted by molar-refractivity contribution is -0.130. The molecule has 0 aromatic heterocycles. The quantitative estimate of drug-likeness (QED) is 0.393. The number of aliphatic hydroxyl groups excluding tert-OH is 1. The summed E-state index contributed by atoms with van der Waals surface area (Å²) in [7, 11) is 0. The number of hydrogen-bond acceptors (Lipinski definition) is 3. The molecular formula is C30H33NO3. The SMILES string of the molecule is O=C(CCC/C(=C(\c1ccccc1)c1ccc(OCCO)cc1)c1ccccc1)N1CCCC1. The molecule has 34 heavy (non-hydrogen) atoms. The van der Waals surface area contributed by atoms with Gasteiger partial charge in [-0.2, -0.15) is 0 Å². The minimum Gasteiger partial charge on any atom is -0.491 e. The number of hydrogen-bond donors (Lipinski definition) is 1. The van der Waals surface area contributed by atoms with Crippen LogP contribution in [0, 0.1) is 0 Å². The Labute approximate surface area is 202 Å². The van der Waals surface area contributed by atoms with Crippen molar-refractivity contribution in [2.75, 3.05) is 26.3 Å². The monoisotopic (exact) mass is 455 g/mol. The average Bonchev–Trinajstić information content (AvgIpc) is 3.44. The fourth-order valence-corrected chi connectivity index (χ4v) is 4.60. The Kier molecular flexibility index (Phi) is 8.53. The number of likely N-dealkylation sites (tertiary alicyclic amines) is 1. The van der Waals surface area contributed by atoms with Gasteiger partial charge in [-0.3, -0.25) is 4.79 Å². The molecule has 1 saturated heterocycles. The van der Waals surface area contributed by atoms with Crippen LogP contribution in [0.2, 0.25) is 0 Å². The lowest BCUT2D eigenvalue weighted by Crippen LogP contribution is -2.27. The first kappa shape index (κ1) is 23.8. The molecule has 0 radical (unpaired) electrons. The number of aliphatic hydroxyl groups is 1. The first-order chi connectivity index (χ1) is 16.8. The van der Waals surface area contributed by atoms with Crippen molar-refractivity contribution >= 4 is 17.1 Å². The van der Waals surface area contributed by atoms with Gasteiger partial charge in [0.15, 0.2) is 0 Å². The molecule has 1 fully saturated rings. The molecule has 3 aromatic rings. The second-order valence-corrected chi connectivity index (χ2v) is 8.62. The van der Waals surface area contributed by atoms with Crippen LogP contribution in [0.4, 0.5) is 0 Å². The number of allylic oxidation sites excluding steroid dienone is 1. The van der Waals surface area contributed by atoms with Gasteiger partial charge >= 0.3 is 0 Å². The molecule has 4 heteroatoms. The predicted octanol–water partition coefficient (Wildman–Crippen LogP) is 5.81. The molecule has 1 heterocycles. The standard InChI is InChI=1S/C30H33NO3/c32-22-23-34-27-18-16-26(17-19-27)30(25-12-5-2-6-13-25)28(24-10-3-1-4-11-24)14-9-15-29(33)31-20-7-8-21-31/h1-6,10-13,16-19,32H,7-9,14-15,20-23H2/b30-28-. The van der Waals surface area contributed by atoms with Crippen molar-refractivity contribution in [2.24, 2.45) is 0 Å². The summed E-state index contributed by atoms with van der Waals surface area (Å²) < 4.78 is 5.57. The van der Waals surface area contributed by atoms with Crippen molar-refractivity contribution in [3.63, 3.8) is 0 Å². The van der Waals surface area contributed by atoms with Gasteiger partial charge < -0.3 is 14.7 Å². The van der Waals surface area contributed by atoms with Gasteiger partial charge in [0.25, 0.3) is 0 Å². The zero-order valence-electron chi connectivity index (χ0n) is 19.7. The smallest absolute Gasteiger partial charge is 0.222 e. The Morgan fingerprint density at radius 2 is 1.35 bits per heavy atom. The molecule has 4 rings (SSSR count). The van der Waals surface area contributed by atoms with E-state index in [2.05, 4.69) is 60.7 Å². The Bertz CT molecular complexity index is 1070. The Morgan fingerprint density at radius 1 is 0.765 bits per heavy atom. The third-order valence-electron chi connectivity index (χ3n) is 6.27. The minimum absolute atomic E-state index is 0.00871. The van der Waals surface area contributed by atoms with Crippen LogP contribution in [0.3, 0.4) is 0 Å². The van der Waals surface area contributed by atoms with Crippen molar-refractivity contribution in [1.29, 1.82) is 0 Å². The van der Waals surface area contributed by atoms with Crippen LogP contribution in [-0.4, -0.2) is 42.2 Å². The maximum Gasteiger partial charge on any atom is 0.222 e. The van der Waals surface area contributed by atoms with E-state index in [4.69, 9.17) is 9.84 Å². The number of benzene rings is 3. The van der Waals surface area contributed by atoms with Crippen molar-refractivity contribution < 1.29 is 14.6 Å². The van der Waals surface area contributed by atoms with E-state index in [9.17, 15) is 4.79 Å². The number of ether oxygens (including phenoxy) is 1. The topological polar surface area (TPSA) is 49.8 Å². The molecule has 1 amide bonds. The third kappa shape index (κ3) is 6.15. The highest BCUT2D eigenvalue weighted by molar-refractivity contribution is 5.98. The minimum atomic E-state index is -0.00871. The van der Waals surface area contributed by atoms with Gasteiger partial charge in [0.2, 0.25) is 5.91 Å². The van der Waals surface area contributed by atoms with Gasteiger partial charge in [0.1, 0.15) is 12.4 Å². The molecule has 0 spiro atoms. The van der Waals surface area contributed by atoms with Gasteiger partial charge in [-0.05, 0) is 65.7 Å². The molecular weight excluding hydrogens is 422 g/mol. The highest BCUT2D eigenvalue weighted by Gasteiger charge is 2.19. The van der Waals surface area contributed by atoms with E-state index in [1.807, 2.05) is 29.2 Å². The number of carbonyl (C=O) groups excluding carboxylic acids is 1. The lowest BCUT2D eigenvalue weighted by atomic mass is 9.87. The first-order valence-corrected chi connectivity index (χ1v) is 12.2. The summed E-state index contributed by atoms with van der Waals surface area (Å²) in [6, 6.07) is 29.0. The summed E-state index contributed by atoms with van der Waals surface area (Å²) in [6.45, 7) is 2.08. The van der Waals surface area contributed by atoms with Gasteiger partial charge in [-0.1, -0.05) is 72.8 Å². The third-order valence-corrected chi connectivity index (χ3v) is 6.27. The Morgan fingerprint density at radius 3 is 1.97 bits per heavy atom. The molecule has 0 bridgehead atoms. The van der Waals surface area contributed by atoms with Crippen LogP contribution in [0.25, 0.3) is 11.1 Å². The fraction of sp³-hybridized carbons (Fsp3) is 0.300. The second-order valence-electron chi connectivity index (χ2n) is 8.62. The molecule has 0 atom stereocenters. The second kappa shape index (κ2) is 12.2. The van der Waals surface area contributed by atoms with Gasteiger partial charge in [0.05, 0.1) is 6.61 Å². The van der Waals surface area contributed by atoms with E-state index in [1.165, 1.54) is 16.7 Å². The van der Waals surface area contributed by atoms with Crippen molar-refractivity contribution in [1.82, 2.24) is 4.90 Å². The lowest BCUT2D eigenvalue weighted by Gasteiger charge is -2.19. The van der Waals surface area contributed by atoms with Gasteiger partial charge in [-0.25, -0.2) is 0 Å². The van der Waals surface area contributed by atoms with Crippen molar-refractivity contribution in [3.8, 4) is 5.75 Å². The molecule has 176 valence electrons. The highest BCUT2D eigenvalue weighted by atomic mass is 16.5. The summed E-state index contributed by atoms with van der Waals surface area (Å²) >= 11 is 0. The van der Waals surface area contributed by atoms with Crippen LogP contribution < -0.4 is 4.74 Å². The van der Waals surface area contributed by atoms with E-state index >= 15 is 0 Å². The largest absolute Gasteiger partial charge is 0.491 e. The van der Waals surface area contributed by atoms with E-state index in [1.54, 1.807) is 0 Å². The molecule has 1 aliphatic heterocycles. The molecule has 4 nitrogen and oxygen atoms in total. The van der Waals surface area contributed by atoms with E-state index < -0.39 is 0 Å². The molecule has 1 N–H and O–H groups in total. The fourth-order valence-electron chi connectivity index (χ4n) is 4.60. The first-order valence-electron chi connectivity index (χ1n) is 12.2. The molecule has 3 aromatic carbocycles. The number of nitrogens with zero attached hydrogens (tertiary/aromatic N) is 1. The van der Waals surface area contributed by atoms with Crippen molar-refractivity contribution in [2.45, 2.75) is 32.1 Å². The maximum atomic E-state index is 12.7. The van der Waals surface area contributed by atoms with Crippen molar-refractivity contribution in [3.05, 3.63) is 102 Å². The molecule has 0 aliphatic carbocycles. The van der Waals surface area contributed by atoms with Crippen LogP contribution >= 0.6 is 0 Å². The number of carbonyl (C=O) groups is 1. The highest BCUT2D eigenvalue weighted by Crippen LogP contribution is 2.36. The van der Waals surface area contributed by atoms with Gasteiger partial charge in [0, 0.05) is 19.5 Å². The summed E-state index contributed by atoms with van der Waals surface area (Å²) in [6.07, 6.45) is 4.45. The molecule has 0 saturated carbocycles. The Hall–Kier alpha value is -3.37. The Balaban J connectivity index is 1.69. The predicted molar refractivity (Wildman–Crippen MR) is 137 cm³/mol. The summed E-state index contributed by atoms with van der Waals surface area (Å²) in [5, 5.41) is 9.05. The maximum absolute atomic E-state index is 12.7. The average molecular weight is 456 g/mol. The number of rotatable bonds is 10. The van der Waals surface area contributed by atoms with Crippen LogP contribution in [0.15, 0.2) is 84.9 Å². The molecule has 0 unspecified atom stereocenters. The van der Waals surface area contributed by atoms with E-state index in [0.29, 0.717) is 6.42 Å². The summed E-state index contributed by atoms with van der Waals surface area (Å²) in [4.78, 5) is 14.7. The van der Waals surface area contributed by atoms with E-state index in [0.717, 1.165) is 55.6 Å². The molecule has 1 aliphatic rings. The van der Waals surface area contributed by atoms with Crippen LogP contribution in [-0.2, 0) is 4.79 Å². The zero-order chi connectivity index (χ0) is 23.6. The van der Waals surface area contributed by atoms with Gasteiger partial charge in [-0.15, -0.1) is 0 Å².